The minimum atomic E-state index is -0.248. The number of benzene rings is 7. The molecule has 0 spiro atoms. The van der Waals surface area contributed by atoms with Gasteiger partial charge in [0.05, 0.1) is 11.4 Å². The average molecular weight is 607 g/mol. The summed E-state index contributed by atoms with van der Waals surface area (Å²) < 4.78 is 13.2. The molecule has 4 nitrogen and oxygen atoms in total. The van der Waals surface area contributed by atoms with Gasteiger partial charge in [0.2, 0.25) is 0 Å². The summed E-state index contributed by atoms with van der Waals surface area (Å²) in [4.78, 5) is 4.70. The minimum Gasteiger partial charge on any atom is -0.453 e. The zero-order valence-corrected chi connectivity index (χ0v) is 26.1. The van der Waals surface area contributed by atoms with Gasteiger partial charge >= 0.3 is 0 Å². The Balaban J connectivity index is 1.16. The second kappa shape index (κ2) is 9.51. The lowest BCUT2D eigenvalue weighted by Gasteiger charge is -2.39. The number of ether oxygens (including phenoxy) is 2. The molecule has 1 aliphatic carbocycles. The molecule has 3 aliphatic rings. The maximum absolute atomic E-state index is 6.71. The number of rotatable bonds is 3. The van der Waals surface area contributed by atoms with Gasteiger partial charge in [-0.1, -0.05) is 92.7 Å². The molecule has 0 saturated heterocycles. The van der Waals surface area contributed by atoms with E-state index in [0.717, 1.165) is 62.5 Å². The van der Waals surface area contributed by atoms with E-state index >= 15 is 0 Å². The van der Waals surface area contributed by atoms with Crippen molar-refractivity contribution in [2.24, 2.45) is 0 Å². The molecule has 0 aromatic heterocycles. The average Bonchev–Trinajstić information content (AvgIpc) is 3.33. The Bertz CT molecular complexity index is 2360. The van der Waals surface area contributed by atoms with Crippen molar-refractivity contribution < 1.29 is 9.47 Å². The van der Waals surface area contributed by atoms with Crippen LogP contribution in [-0.4, -0.2) is 0 Å². The molecule has 2 heterocycles. The maximum Gasteiger partial charge on any atom is 0.155 e. The molecule has 0 amide bonds. The molecule has 10 rings (SSSR count). The van der Waals surface area contributed by atoms with E-state index in [9.17, 15) is 0 Å². The zero-order chi connectivity index (χ0) is 31.3. The van der Waals surface area contributed by atoms with Crippen molar-refractivity contribution in [2.45, 2.75) is 19.3 Å². The Hall–Kier alpha value is -6.00. The SMILES string of the molecule is CC1(C)c2cc(N(c3ccccc3)c3ccccc3)ccc2-c2cc3c(cc21)N1c2c(cccc2Oc2ccc4ccccc4c21)O3. The topological polar surface area (TPSA) is 24.9 Å². The van der Waals surface area contributed by atoms with Gasteiger partial charge in [-0.15, -0.1) is 0 Å². The van der Waals surface area contributed by atoms with E-state index in [1.807, 2.05) is 18.2 Å². The Labute approximate surface area is 273 Å². The van der Waals surface area contributed by atoms with Gasteiger partial charge in [-0.05, 0) is 94.4 Å². The van der Waals surface area contributed by atoms with Crippen LogP contribution in [0.1, 0.15) is 25.0 Å². The molecule has 7 aromatic carbocycles. The number of nitrogens with zero attached hydrogens (tertiary/aromatic N) is 2. The lowest BCUT2D eigenvalue weighted by atomic mass is 9.82. The lowest BCUT2D eigenvalue weighted by Crippen LogP contribution is -2.22. The van der Waals surface area contributed by atoms with Crippen molar-refractivity contribution in [3.8, 4) is 34.1 Å². The van der Waals surface area contributed by atoms with Crippen LogP contribution in [0, 0.1) is 0 Å². The van der Waals surface area contributed by atoms with E-state index in [1.54, 1.807) is 0 Å². The van der Waals surface area contributed by atoms with Crippen molar-refractivity contribution in [1.29, 1.82) is 0 Å². The Morgan fingerprint density at radius 2 is 1.13 bits per heavy atom. The molecular formula is C43H30N2O2. The molecule has 2 aliphatic heterocycles. The van der Waals surface area contributed by atoms with Gasteiger partial charge in [-0.3, -0.25) is 4.90 Å². The number of para-hydroxylation sites is 3. The molecule has 4 heteroatoms. The Morgan fingerprint density at radius 3 is 1.87 bits per heavy atom. The van der Waals surface area contributed by atoms with Crippen LogP contribution in [-0.2, 0) is 5.41 Å². The summed E-state index contributed by atoms with van der Waals surface area (Å²) in [6, 6.07) is 51.5. The van der Waals surface area contributed by atoms with Crippen molar-refractivity contribution in [2.75, 3.05) is 9.80 Å². The Morgan fingerprint density at radius 1 is 0.489 bits per heavy atom. The lowest BCUT2D eigenvalue weighted by molar-refractivity contribution is 0.446. The molecule has 7 aromatic rings. The highest BCUT2D eigenvalue weighted by molar-refractivity contribution is 6.07. The first kappa shape index (κ1) is 26.2. The van der Waals surface area contributed by atoms with Gasteiger partial charge in [0.25, 0.3) is 0 Å². The predicted molar refractivity (Wildman–Crippen MR) is 191 cm³/mol. The highest BCUT2D eigenvalue weighted by Gasteiger charge is 2.41. The summed E-state index contributed by atoms with van der Waals surface area (Å²) in [6.45, 7) is 4.68. The fourth-order valence-electron chi connectivity index (χ4n) is 7.76. The quantitative estimate of drug-likeness (QED) is 0.200. The van der Waals surface area contributed by atoms with Crippen LogP contribution in [0.4, 0.5) is 34.1 Å². The first-order chi connectivity index (χ1) is 23.1. The van der Waals surface area contributed by atoms with E-state index in [0.29, 0.717) is 0 Å². The molecule has 0 fully saturated rings. The number of hydrogen-bond acceptors (Lipinski definition) is 4. The van der Waals surface area contributed by atoms with Crippen LogP contribution >= 0.6 is 0 Å². The van der Waals surface area contributed by atoms with Crippen LogP contribution in [0.25, 0.3) is 21.9 Å². The van der Waals surface area contributed by atoms with Crippen LogP contribution in [0.15, 0.2) is 146 Å². The summed E-state index contributed by atoms with van der Waals surface area (Å²) in [5.41, 5.74) is 11.2. The third kappa shape index (κ3) is 3.70. The second-order valence-electron chi connectivity index (χ2n) is 13.0. The third-order valence-corrected chi connectivity index (χ3v) is 9.98. The van der Waals surface area contributed by atoms with E-state index in [4.69, 9.17) is 9.47 Å². The molecule has 224 valence electrons. The van der Waals surface area contributed by atoms with Crippen molar-refractivity contribution in [3.05, 3.63) is 157 Å². The van der Waals surface area contributed by atoms with Crippen LogP contribution in [0.2, 0.25) is 0 Å². The molecule has 0 radical (unpaired) electrons. The van der Waals surface area contributed by atoms with Gasteiger partial charge in [0.1, 0.15) is 5.69 Å². The first-order valence-electron chi connectivity index (χ1n) is 16.1. The fourth-order valence-corrected chi connectivity index (χ4v) is 7.76. The van der Waals surface area contributed by atoms with E-state index in [1.165, 1.54) is 27.6 Å². The van der Waals surface area contributed by atoms with Crippen LogP contribution in [0.3, 0.4) is 0 Å². The van der Waals surface area contributed by atoms with Crippen molar-refractivity contribution in [1.82, 2.24) is 0 Å². The molecule has 0 atom stereocenters. The molecule has 0 saturated carbocycles. The summed E-state index contributed by atoms with van der Waals surface area (Å²) in [5, 5.41) is 2.32. The molecular weight excluding hydrogens is 576 g/mol. The number of anilines is 6. The monoisotopic (exact) mass is 606 g/mol. The normalized spacial score (nSPS) is 14.2. The van der Waals surface area contributed by atoms with Crippen molar-refractivity contribution in [3.63, 3.8) is 0 Å². The molecule has 0 bridgehead atoms. The van der Waals surface area contributed by atoms with E-state index < -0.39 is 0 Å². The van der Waals surface area contributed by atoms with Crippen molar-refractivity contribution >= 4 is 44.9 Å². The summed E-state index contributed by atoms with van der Waals surface area (Å²) >= 11 is 0. The van der Waals surface area contributed by atoms with Gasteiger partial charge in [0, 0.05) is 27.9 Å². The van der Waals surface area contributed by atoms with E-state index in [2.05, 4.69) is 151 Å². The summed E-state index contributed by atoms with van der Waals surface area (Å²) in [5.74, 6) is 3.28. The van der Waals surface area contributed by atoms with E-state index in [-0.39, 0.29) is 5.41 Å². The summed E-state index contributed by atoms with van der Waals surface area (Å²) in [7, 11) is 0. The molecule has 47 heavy (non-hydrogen) atoms. The highest BCUT2D eigenvalue weighted by Crippen LogP contribution is 2.63. The van der Waals surface area contributed by atoms with Gasteiger partial charge in [-0.2, -0.15) is 0 Å². The highest BCUT2D eigenvalue weighted by atomic mass is 16.5. The van der Waals surface area contributed by atoms with Gasteiger partial charge in [0.15, 0.2) is 23.0 Å². The number of fused-ring (bicyclic) bond motifs is 9. The predicted octanol–water partition coefficient (Wildman–Crippen LogP) is 12.3. The molecule has 0 unspecified atom stereocenters. The third-order valence-electron chi connectivity index (χ3n) is 9.98. The maximum atomic E-state index is 6.71. The Kier molecular flexibility index (Phi) is 5.31. The molecule has 0 N–H and O–H groups in total. The zero-order valence-electron chi connectivity index (χ0n) is 26.1. The van der Waals surface area contributed by atoms with Gasteiger partial charge < -0.3 is 14.4 Å². The number of hydrogen-bond donors (Lipinski definition) is 0. The van der Waals surface area contributed by atoms with Crippen LogP contribution < -0.4 is 19.3 Å². The fraction of sp³-hybridized carbons (Fsp3) is 0.0698. The minimum absolute atomic E-state index is 0.248. The standard InChI is InChI=1S/C43H30N2O2/c1-43(2)34-24-30(44(28-13-5-3-6-14-28)29-15-7-4-8-16-29)21-22-32(34)33-25-40-36(26-35(33)43)45-41-31-17-10-9-12-27(31)20-23-39(41)46-37-18-11-19-38(47-40)42(37)45/h3-26H,1-2H3. The smallest absolute Gasteiger partial charge is 0.155 e. The first-order valence-corrected chi connectivity index (χ1v) is 16.1. The second-order valence-corrected chi connectivity index (χ2v) is 13.0. The van der Waals surface area contributed by atoms with Gasteiger partial charge in [-0.25, -0.2) is 0 Å². The van der Waals surface area contributed by atoms with Crippen LogP contribution in [0.5, 0.6) is 23.0 Å². The summed E-state index contributed by atoms with van der Waals surface area (Å²) in [6.07, 6.45) is 0. The largest absolute Gasteiger partial charge is 0.453 e.